The fourth-order valence-corrected chi connectivity index (χ4v) is 2.33. The Labute approximate surface area is 90.1 Å². The maximum atomic E-state index is 9.18. The van der Waals surface area contributed by atoms with Crippen molar-refractivity contribution in [3.8, 4) is 0 Å². The molecule has 2 atom stereocenters. The monoisotopic (exact) mass is 209 g/mol. The summed E-state index contributed by atoms with van der Waals surface area (Å²) in [5.41, 5.74) is 1.12. The van der Waals surface area contributed by atoms with Gasteiger partial charge in [0.1, 0.15) is 5.82 Å². The first-order valence-electron chi connectivity index (χ1n) is 5.64. The number of aromatic amines is 1. The van der Waals surface area contributed by atoms with Gasteiger partial charge in [-0.15, -0.1) is 0 Å². The number of H-pyrrole nitrogens is 1. The van der Waals surface area contributed by atoms with Crippen LogP contribution in [-0.4, -0.2) is 27.7 Å². The van der Waals surface area contributed by atoms with Crippen LogP contribution >= 0.6 is 0 Å². The second kappa shape index (κ2) is 4.77. The highest BCUT2D eigenvalue weighted by Crippen LogP contribution is 2.25. The van der Waals surface area contributed by atoms with Crippen LogP contribution in [0.4, 0.5) is 0 Å². The first-order chi connectivity index (χ1) is 7.29. The molecule has 1 aromatic heterocycles. The van der Waals surface area contributed by atoms with Gasteiger partial charge in [-0.2, -0.15) is 0 Å². The zero-order valence-electron chi connectivity index (χ0n) is 9.16. The van der Waals surface area contributed by atoms with E-state index in [9.17, 15) is 5.11 Å². The van der Waals surface area contributed by atoms with Crippen LogP contribution in [0, 0.1) is 12.8 Å². The Morgan fingerprint density at radius 2 is 2.47 bits per heavy atom. The summed E-state index contributed by atoms with van der Waals surface area (Å²) in [6.45, 7) is 3.08. The molecule has 1 fully saturated rings. The number of nitrogens with one attached hydrogen (secondary N) is 2. The number of rotatable bonds is 4. The van der Waals surface area contributed by atoms with Crippen LogP contribution in [0.2, 0.25) is 0 Å². The Morgan fingerprint density at radius 1 is 1.60 bits per heavy atom. The highest BCUT2D eigenvalue weighted by molar-refractivity contribution is 5.00. The van der Waals surface area contributed by atoms with Gasteiger partial charge in [0.15, 0.2) is 0 Å². The minimum atomic E-state index is 0.305. The molecule has 2 unspecified atom stereocenters. The van der Waals surface area contributed by atoms with Crippen LogP contribution in [-0.2, 0) is 6.54 Å². The second-order valence-corrected chi connectivity index (χ2v) is 4.35. The van der Waals surface area contributed by atoms with E-state index >= 15 is 0 Å². The van der Waals surface area contributed by atoms with Crippen molar-refractivity contribution in [2.45, 2.75) is 38.8 Å². The van der Waals surface area contributed by atoms with Gasteiger partial charge in [0.05, 0.1) is 0 Å². The number of nitrogens with zero attached hydrogens (tertiary/aromatic N) is 1. The summed E-state index contributed by atoms with van der Waals surface area (Å²) in [4.78, 5) is 7.35. The van der Waals surface area contributed by atoms with Crippen molar-refractivity contribution in [2.75, 3.05) is 6.61 Å². The molecule has 4 heteroatoms. The fourth-order valence-electron chi connectivity index (χ4n) is 2.33. The number of aryl methyl sites for hydroxylation is 1. The van der Waals surface area contributed by atoms with E-state index in [1.54, 1.807) is 0 Å². The molecule has 84 valence electrons. The molecular weight excluding hydrogens is 190 g/mol. The lowest BCUT2D eigenvalue weighted by Gasteiger charge is -2.18. The first-order valence-corrected chi connectivity index (χ1v) is 5.64. The van der Waals surface area contributed by atoms with Gasteiger partial charge in [0.2, 0.25) is 0 Å². The van der Waals surface area contributed by atoms with Crippen LogP contribution in [0.15, 0.2) is 6.20 Å². The summed E-state index contributed by atoms with van der Waals surface area (Å²) in [5, 5.41) is 12.7. The zero-order chi connectivity index (χ0) is 10.7. The molecule has 15 heavy (non-hydrogen) atoms. The van der Waals surface area contributed by atoms with Crippen LogP contribution in [0.5, 0.6) is 0 Å². The third-order valence-corrected chi connectivity index (χ3v) is 3.20. The summed E-state index contributed by atoms with van der Waals surface area (Å²) in [5.74, 6) is 1.39. The third-order valence-electron chi connectivity index (χ3n) is 3.20. The predicted molar refractivity (Wildman–Crippen MR) is 58.4 cm³/mol. The van der Waals surface area contributed by atoms with Gasteiger partial charge in [0, 0.05) is 31.1 Å². The Kier molecular flexibility index (Phi) is 3.38. The average Bonchev–Trinajstić information content (AvgIpc) is 2.83. The normalized spacial score (nSPS) is 26.0. The third kappa shape index (κ3) is 2.58. The molecule has 1 aromatic rings. The number of aliphatic hydroxyl groups excluding tert-OH is 1. The van der Waals surface area contributed by atoms with Gasteiger partial charge in [-0.25, -0.2) is 4.98 Å². The standard InChI is InChI=1S/C11H19N3O/c1-8-12-5-10(14-8)6-13-11-4-2-3-9(11)7-15/h5,9,11,13,15H,2-4,6-7H2,1H3,(H,12,14). The summed E-state index contributed by atoms with van der Waals surface area (Å²) < 4.78 is 0. The first kappa shape index (κ1) is 10.6. The van der Waals surface area contributed by atoms with E-state index < -0.39 is 0 Å². The lowest BCUT2D eigenvalue weighted by Crippen LogP contribution is -2.33. The van der Waals surface area contributed by atoms with E-state index in [1.807, 2.05) is 13.1 Å². The average molecular weight is 209 g/mol. The highest BCUT2D eigenvalue weighted by Gasteiger charge is 2.25. The number of aromatic nitrogens is 2. The maximum absolute atomic E-state index is 9.18. The highest BCUT2D eigenvalue weighted by atomic mass is 16.3. The SMILES string of the molecule is Cc1ncc(CNC2CCCC2CO)[nH]1. The largest absolute Gasteiger partial charge is 0.396 e. The van der Waals surface area contributed by atoms with Crippen molar-refractivity contribution in [1.82, 2.24) is 15.3 Å². The Balaban J connectivity index is 1.82. The Hall–Kier alpha value is -0.870. The van der Waals surface area contributed by atoms with Gasteiger partial charge in [-0.05, 0) is 25.7 Å². The molecule has 0 aromatic carbocycles. The van der Waals surface area contributed by atoms with Gasteiger partial charge in [0.25, 0.3) is 0 Å². The van der Waals surface area contributed by atoms with E-state index in [1.165, 1.54) is 12.8 Å². The molecule has 0 bridgehead atoms. The molecule has 1 aliphatic rings. The quantitative estimate of drug-likeness (QED) is 0.692. The lowest BCUT2D eigenvalue weighted by molar-refractivity contribution is 0.205. The molecule has 0 aliphatic heterocycles. The molecule has 0 amide bonds. The maximum Gasteiger partial charge on any atom is 0.103 e. The van der Waals surface area contributed by atoms with Gasteiger partial charge >= 0.3 is 0 Å². The van der Waals surface area contributed by atoms with E-state index in [0.717, 1.165) is 24.5 Å². The van der Waals surface area contributed by atoms with Gasteiger partial charge < -0.3 is 15.4 Å². The molecular formula is C11H19N3O. The van der Waals surface area contributed by atoms with E-state index in [-0.39, 0.29) is 0 Å². The molecule has 0 radical (unpaired) electrons. The Bertz CT molecular complexity index is 311. The van der Waals surface area contributed by atoms with Crippen LogP contribution in [0.3, 0.4) is 0 Å². The van der Waals surface area contributed by atoms with Crippen molar-refractivity contribution >= 4 is 0 Å². The number of aliphatic hydroxyl groups is 1. The minimum Gasteiger partial charge on any atom is -0.396 e. The number of imidazole rings is 1. The van der Waals surface area contributed by atoms with Crippen molar-refractivity contribution in [2.24, 2.45) is 5.92 Å². The number of hydrogen-bond donors (Lipinski definition) is 3. The van der Waals surface area contributed by atoms with Gasteiger partial charge in [-0.1, -0.05) is 6.42 Å². The van der Waals surface area contributed by atoms with E-state index in [2.05, 4.69) is 15.3 Å². The molecule has 2 rings (SSSR count). The molecule has 1 heterocycles. The molecule has 1 aliphatic carbocycles. The zero-order valence-corrected chi connectivity index (χ0v) is 9.16. The summed E-state index contributed by atoms with van der Waals surface area (Å²) in [6.07, 6.45) is 5.42. The molecule has 4 nitrogen and oxygen atoms in total. The lowest BCUT2D eigenvalue weighted by atomic mass is 10.1. The fraction of sp³-hybridized carbons (Fsp3) is 0.727. The minimum absolute atomic E-state index is 0.305. The summed E-state index contributed by atoms with van der Waals surface area (Å²) >= 11 is 0. The van der Waals surface area contributed by atoms with E-state index in [4.69, 9.17) is 0 Å². The topological polar surface area (TPSA) is 60.9 Å². The van der Waals surface area contributed by atoms with Crippen LogP contribution in [0.1, 0.15) is 30.8 Å². The predicted octanol–water partition coefficient (Wildman–Crippen LogP) is 0.969. The smallest absolute Gasteiger partial charge is 0.103 e. The van der Waals surface area contributed by atoms with Crippen molar-refractivity contribution in [1.29, 1.82) is 0 Å². The van der Waals surface area contributed by atoms with Crippen LogP contribution in [0.25, 0.3) is 0 Å². The number of hydrogen-bond acceptors (Lipinski definition) is 3. The van der Waals surface area contributed by atoms with Crippen molar-refractivity contribution in [3.05, 3.63) is 17.7 Å². The molecule has 3 N–H and O–H groups in total. The Morgan fingerprint density at radius 3 is 3.13 bits per heavy atom. The second-order valence-electron chi connectivity index (χ2n) is 4.35. The van der Waals surface area contributed by atoms with Crippen molar-refractivity contribution in [3.63, 3.8) is 0 Å². The molecule has 0 saturated heterocycles. The molecule has 0 spiro atoms. The van der Waals surface area contributed by atoms with Gasteiger partial charge in [-0.3, -0.25) is 0 Å². The summed E-state index contributed by atoms with van der Waals surface area (Å²) in [7, 11) is 0. The summed E-state index contributed by atoms with van der Waals surface area (Å²) in [6, 6.07) is 0.471. The van der Waals surface area contributed by atoms with E-state index in [0.29, 0.717) is 18.6 Å². The van der Waals surface area contributed by atoms with Crippen molar-refractivity contribution < 1.29 is 5.11 Å². The van der Waals surface area contributed by atoms with Crippen LogP contribution < -0.4 is 5.32 Å². The molecule has 1 saturated carbocycles.